The molecule has 1 heterocycles. The van der Waals surface area contributed by atoms with Crippen molar-refractivity contribution < 1.29 is 51.8 Å². The highest BCUT2D eigenvalue weighted by atomic mass is 32.3. The Morgan fingerprint density at radius 2 is 0.762 bits per heavy atom. The van der Waals surface area contributed by atoms with E-state index in [1.54, 1.807) is 6.08 Å². The molecule has 1 rings (SSSR count). The van der Waals surface area contributed by atoms with Crippen LogP contribution in [0.3, 0.4) is 0 Å². The van der Waals surface area contributed by atoms with E-state index in [0.29, 0.717) is 6.42 Å². The molecular formula is C71H137NO11S. The van der Waals surface area contributed by atoms with E-state index in [4.69, 9.17) is 9.47 Å². The van der Waals surface area contributed by atoms with Gasteiger partial charge in [-0.05, 0) is 44.9 Å². The smallest absolute Gasteiger partial charge is 0.394 e. The van der Waals surface area contributed by atoms with Crippen molar-refractivity contribution in [2.45, 2.75) is 410 Å². The number of hydrogen-bond acceptors (Lipinski definition) is 10. The molecule has 0 spiro atoms. The van der Waals surface area contributed by atoms with Crippen molar-refractivity contribution >= 4 is 16.3 Å². The van der Waals surface area contributed by atoms with Gasteiger partial charge < -0.3 is 35.2 Å². The van der Waals surface area contributed by atoms with Crippen molar-refractivity contribution in [2.75, 3.05) is 13.2 Å². The van der Waals surface area contributed by atoms with Crippen LogP contribution in [0.4, 0.5) is 0 Å². The van der Waals surface area contributed by atoms with Crippen molar-refractivity contribution in [1.29, 1.82) is 0 Å². The number of amides is 1. The summed E-state index contributed by atoms with van der Waals surface area (Å²) in [5.41, 5.74) is 0. The van der Waals surface area contributed by atoms with Gasteiger partial charge in [0.25, 0.3) is 0 Å². The van der Waals surface area contributed by atoms with E-state index in [9.17, 15) is 38.2 Å². The number of allylic oxidation sites excluding steroid dienone is 3. The van der Waals surface area contributed by atoms with Crippen molar-refractivity contribution in [3.8, 4) is 0 Å². The lowest BCUT2D eigenvalue weighted by Crippen LogP contribution is -2.61. The minimum absolute atomic E-state index is 0.255. The Labute approximate surface area is 518 Å². The van der Waals surface area contributed by atoms with Crippen LogP contribution in [0.5, 0.6) is 0 Å². The molecule has 0 aromatic rings. The minimum Gasteiger partial charge on any atom is -0.394 e. The van der Waals surface area contributed by atoms with Gasteiger partial charge in [-0.25, -0.2) is 4.18 Å². The van der Waals surface area contributed by atoms with Crippen molar-refractivity contribution in [2.24, 2.45) is 0 Å². The second kappa shape index (κ2) is 60.5. The average molecular weight is 1210 g/mol. The summed E-state index contributed by atoms with van der Waals surface area (Å²) in [6, 6.07) is -0.943. The molecule has 0 bridgehead atoms. The van der Waals surface area contributed by atoms with Crippen LogP contribution in [-0.4, -0.2) is 95.4 Å². The van der Waals surface area contributed by atoms with Gasteiger partial charge >= 0.3 is 10.4 Å². The molecule has 1 aliphatic heterocycles. The summed E-state index contributed by atoms with van der Waals surface area (Å²) < 4.78 is 48.0. The van der Waals surface area contributed by atoms with Crippen LogP contribution in [0.15, 0.2) is 24.3 Å². The third-order valence-corrected chi connectivity index (χ3v) is 17.9. The summed E-state index contributed by atoms with van der Waals surface area (Å²) in [6.45, 7) is 3.46. The molecule has 6 N–H and O–H groups in total. The first-order chi connectivity index (χ1) is 41.0. The Bertz CT molecular complexity index is 1570. The maximum absolute atomic E-state index is 13.2. The van der Waals surface area contributed by atoms with Crippen LogP contribution in [0.25, 0.3) is 0 Å². The zero-order valence-corrected chi connectivity index (χ0v) is 55.6. The fourth-order valence-corrected chi connectivity index (χ4v) is 12.4. The number of nitrogens with one attached hydrogen (secondary N) is 1. The molecule has 0 aromatic heterocycles. The fourth-order valence-electron chi connectivity index (χ4n) is 11.9. The van der Waals surface area contributed by atoms with Gasteiger partial charge in [-0.2, -0.15) is 8.42 Å². The maximum Gasteiger partial charge on any atom is 0.397 e. The predicted molar refractivity (Wildman–Crippen MR) is 352 cm³/mol. The van der Waals surface area contributed by atoms with E-state index in [1.807, 2.05) is 6.08 Å². The molecule has 0 aliphatic carbocycles. The highest BCUT2D eigenvalue weighted by molar-refractivity contribution is 7.80. The molecule has 1 fully saturated rings. The van der Waals surface area contributed by atoms with E-state index in [2.05, 4.69) is 35.5 Å². The molecule has 1 saturated heterocycles. The summed E-state index contributed by atoms with van der Waals surface area (Å²) >= 11 is 0. The van der Waals surface area contributed by atoms with Crippen LogP contribution >= 0.6 is 0 Å². The molecular weight excluding hydrogens is 1070 g/mol. The quantitative estimate of drug-likeness (QED) is 0.0193. The number of unbranched alkanes of at least 4 members (excludes halogenated alkanes) is 51. The van der Waals surface area contributed by atoms with E-state index >= 15 is 0 Å². The summed E-state index contributed by atoms with van der Waals surface area (Å²) in [7, 11) is -5.09. The number of rotatable bonds is 65. The molecule has 7 unspecified atom stereocenters. The second-order valence-corrected chi connectivity index (χ2v) is 26.6. The molecule has 0 radical (unpaired) electrons. The normalized spacial score (nSPS) is 18.4. The van der Waals surface area contributed by atoms with Gasteiger partial charge in [0.1, 0.15) is 24.4 Å². The van der Waals surface area contributed by atoms with Crippen LogP contribution in [0.1, 0.15) is 367 Å². The highest BCUT2D eigenvalue weighted by Gasteiger charge is 2.48. The average Bonchev–Trinajstić information content (AvgIpc) is 3.65. The largest absolute Gasteiger partial charge is 0.397 e. The summed E-state index contributed by atoms with van der Waals surface area (Å²) in [5, 5.41) is 45.1. The molecule has 13 heteroatoms. The van der Waals surface area contributed by atoms with Crippen molar-refractivity contribution in [1.82, 2.24) is 5.32 Å². The number of hydrogen-bond donors (Lipinski definition) is 6. The van der Waals surface area contributed by atoms with E-state index in [1.165, 1.54) is 302 Å². The Hall–Kier alpha value is -1.42. The van der Waals surface area contributed by atoms with Crippen LogP contribution < -0.4 is 5.32 Å². The first-order valence-corrected chi connectivity index (χ1v) is 37.6. The Balaban J connectivity index is 2.15. The lowest BCUT2D eigenvalue weighted by molar-refractivity contribution is -0.298. The summed E-state index contributed by atoms with van der Waals surface area (Å²) in [6.07, 6.45) is 69.9. The Morgan fingerprint density at radius 3 is 1.07 bits per heavy atom. The third-order valence-electron chi connectivity index (χ3n) is 17.5. The lowest BCUT2D eigenvalue weighted by atomic mass is 9.99. The number of ether oxygens (including phenoxy) is 2. The van der Waals surface area contributed by atoms with E-state index in [0.717, 1.165) is 38.5 Å². The van der Waals surface area contributed by atoms with Gasteiger partial charge in [0.05, 0.1) is 25.4 Å². The SMILES string of the molecule is CCCCCCCCCCCCCCCCCC/C=C/C(O)C(COC1OC(CO)C(O)C(OS(=O)(=O)O)C1O)NC(=O)CCCCCCCCCCCCCCCCCCC/C=C\CCCCCCCCCCCCCCCCCCCC. The first-order valence-electron chi connectivity index (χ1n) is 36.2. The monoisotopic (exact) mass is 1210 g/mol. The van der Waals surface area contributed by atoms with Crippen molar-refractivity contribution in [3.05, 3.63) is 24.3 Å². The van der Waals surface area contributed by atoms with Gasteiger partial charge in [-0.15, -0.1) is 0 Å². The third kappa shape index (κ3) is 51.5. The molecule has 1 aliphatic rings. The zero-order valence-electron chi connectivity index (χ0n) is 54.7. The summed E-state index contributed by atoms with van der Waals surface area (Å²) in [5.74, 6) is -0.255. The molecule has 7 atom stereocenters. The van der Waals surface area contributed by atoms with Gasteiger partial charge in [0, 0.05) is 6.42 Å². The highest BCUT2D eigenvalue weighted by Crippen LogP contribution is 2.26. The van der Waals surface area contributed by atoms with Gasteiger partial charge in [-0.1, -0.05) is 340 Å². The Morgan fingerprint density at radius 1 is 0.464 bits per heavy atom. The van der Waals surface area contributed by atoms with Crippen LogP contribution in [0, 0.1) is 0 Å². The minimum atomic E-state index is -5.09. The lowest BCUT2D eigenvalue weighted by Gasteiger charge is -2.41. The van der Waals surface area contributed by atoms with Crippen LogP contribution in [-0.2, 0) is 28.9 Å². The number of aliphatic hydroxyl groups is 4. The van der Waals surface area contributed by atoms with Crippen LogP contribution in [0.2, 0.25) is 0 Å². The molecule has 84 heavy (non-hydrogen) atoms. The van der Waals surface area contributed by atoms with Gasteiger partial charge in [-0.3, -0.25) is 9.35 Å². The molecule has 0 saturated carbocycles. The predicted octanol–water partition coefficient (Wildman–Crippen LogP) is 19.1. The first kappa shape index (κ1) is 80.6. The standard InChI is InChI=1S/C71H137NO11S/c1-3-5-7-9-11-13-15-17-19-21-23-24-25-26-27-28-29-30-31-32-33-34-35-36-37-38-39-40-41-42-43-45-47-49-51-53-55-57-59-61-67(75)72-64(63-81-71-69(77)70(83-84(78,79)80)68(76)66(62-73)82-71)65(74)60-58-56-54-52-50-48-46-44-22-20-18-16-14-12-10-8-6-4-2/h32-33,58,60,64-66,68-71,73-74,76-77H,3-31,34-57,59,61-63H2,1-2H3,(H,72,75)(H,78,79,80)/b33-32-,60-58+. The number of carbonyl (C=O) groups excluding carboxylic acids is 1. The molecule has 1 amide bonds. The second-order valence-electron chi connectivity index (χ2n) is 25.5. The van der Waals surface area contributed by atoms with Crippen molar-refractivity contribution in [3.63, 3.8) is 0 Å². The van der Waals surface area contributed by atoms with Gasteiger partial charge in [0.15, 0.2) is 6.29 Å². The molecule has 498 valence electrons. The van der Waals surface area contributed by atoms with E-state index < -0.39 is 59.9 Å². The number of aliphatic hydroxyl groups excluding tert-OH is 4. The van der Waals surface area contributed by atoms with Gasteiger partial charge in [0.2, 0.25) is 5.91 Å². The summed E-state index contributed by atoms with van der Waals surface area (Å²) in [4.78, 5) is 13.2. The fraction of sp³-hybridized carbons (Fsp3) is 0.930. The molecule has 0 aromatic carbocycles. The van der Waals surface area contributed by atoms with E-state index in [-0.39, 0.29) is 18.9 Å². The zero-order chi connectivity index (χ0) is 61.1. The maximum atomic E-state index is 13.2. The molecule has 12 nitrogen and oxygen atoms in total. The topological polar surface area (TPSA) is 192 Å². The Kier molecular flexibility index (Phi) is 58.0. The number of carbonyl (C=O) groups is 1.